The molecule has 0 saturated carbocycles. The van der Waals surface area contributed by atoms with Gasteiger partial charge in [0, 0.05) is 30.8 Å². The Balaban J connectivity index is 1.73. The molecule has 1 aromatic carbocycles. The van der Waals surface area contributed by atoms with E-state index < -0.39 is 0 Å². The average Bonchev–Trinajstić information content (AvgIpc) is 3.01. The fraction of sp³-hybridized carbons (Fsp3) is 0.476. The van der Waals surface area contributed by atoms with Gasteiger partial charge in [-0.25, -0.2) is 0 Å². The highest BCUT2D eigenvalue weighted by molar-refractivity contribution is 5.95. The molecule has 0 bridgehead atoms. The van der Waals surface area contributed by atoms with Crippen molar-refractivity contribution in [2.75, 3.05) is 26.7 Å². The molecule has 2 unspecified atom stereocenters. The maximum atomic E-state index is 12.8. The second-order valence-electron chi connectivity index (χ2n) is 7.37. The zero-order valence-corrected chi connectivity index (χ0v) is 16.5. The van der Waals surface area contributed by atoms with Crippen LogP contribution >= 0.6 is 0 Å². The maximum Gasteiger partial charge on any atom is 0.251 e. The molecule has 2 atom stereocenters. The zero-order valence-electron chi connectivity index (χ0n) is 16.5. The molecule has 1 aliphatic rings. The first-order valence-corrected chi connectivity index (χ1v) is 9.53. The van der Waals surface area contributed by atoms with Crippen LogP contribution in [0.15, 0.2) is 36.4 Å². The summed E-state index contributed by atoms with van der Waals surface area (Å²) < 4.78 is 5.77. The van der Waals surface area contributed by atoms with Gasteiger partial charge in [-0.2, -0.15) is 10.2 Å². The normalized spacial score (nSPS) is 20.2. The molecule has 1 amide bonds. The van der Waals surface area contributed by atoms with Crippen LogP contribution in [0, 0.1) is 0 Å². The van der Waals surface area contributed by atoms with Gasteiger partial charge in [0.25, 0.3) is 5.91 Å². The molecule has 1 aromatic heterocycles. The van der Waals surface area contributed by atoms with Gasteiger partial charge in [0.15, 0.2) is 0 Å². The van der Waals surface area contributed by atoms with E-state index in [1.807, 2.05) is 50.4 Å². The second kappa shape index (κ2) is 8.59. The summed E-state index contributed by atoms with van der Waals surface area (Å²) in [6.07, 6.45) is 0.0292. The minimum Gasteiger partial charge on any atom is -0.375 e. The van der Waals surface area contributed by atoms with Crippen LogP contribution in [-0.4, -0.2) is 59.9 Å². The Kier molecular flexibility index (Phi) is 6.19. The number of nitrogens with zero attached hydrogens (tertiary/aromatic N) is 3. The molecule has 6 nitrogen and oxygen atoms in total. The summed E-state index contributed by atoms with van der Waals surface area (Å²) in [6.45, 7) is 8.42. The van der Waals surface area contributed by atoms with E-state index in [2.05, 4.69) is 34.3 Å². The lowest BCUT2D eigenvalue weighted by Crippen LogP contribution is -2.44. The number of carbonyl (C=O) groups is 1. The fourth-order valence-corrected chi connectivity index (χ4v) is 3.36. The molecule has 27 heavy (non-hydrogen) atoms. The summed E-state index contributed by atoms with van der Waals surface area (Å²) in [5.74, 6) is 0.250. The number of carbonyl (C=O) groups excluding carboxylic acids is 1. The molecule has 0 radical (unpaired) electrons. The molecular weight excluding hydrogens is 340 g/mol. The Labute approximate surface area is 160 Å². The number of rotatable bonds is 6. The van der Waals surface area contributed by atoms with Crippen molar-refractivity contribution in [2.24, 2.45) is 0 Å². The fourth-order valence-electron chi connectivity index (χ4n) is 3.36. The third kappa shape index (κ3) is 4.70. The van der Waals surface area contributed by atoms with E-state index in [0.717, 1.165) is 30.0 Å². The van der Waals surface area contributed by atoms with Crippen molar-refractivity contribution < 1.29 is 9.53 Å². The van der Waals surface area contributed by atoms with Crippen LogP contribution in [0.2, 0.25) is 0 Å². The van der Waals surface area contributed by atoms with Crippen LogP contribution in [0.25, 0.3) is 11.3 Å². The van der Waals surface area contributed by atoms with Crippen LogP contribution in [0.5, 0.6) is 0 Å². The number of hydrogen-bond donors (Lipinski definition) is 1. The Morgan fingerprint density at radius 3 is 2.74 bits per heavy atom. The predicted molar refractivity (Wildman–Crippen MR) is 106 cm³/mol. The first-order chi connectivity index (χ1) is 13.0. The van der Waals surface area contributed by atoms with Gasteiger partial charge < -0.3 is 15.0 Å². The van der Waals surface area contributed by atoms with Gasteiger partial charge >= 0.3 is 0 Å². The highest BCUT2D eigenvalue weighted by Gasteiger charge is 2.32. The SMILES string of the molecule is CCOC1CN(C)CC1NC(=O)c1cccc(-c2ccc(C(C)C)nn2)c1. The van der Waals surface area contributed by atoms with Gasteiger partial charge in [0.1, 0.15) is 0 Å². The monoisotopic (exact) mass is 368 g/mol. The minimum atomic E-state index is -0.0892. The molecule has 3 rings (SSSR count). The molecule has 144 valence electrons. The number of aromatic nitrogens is 2. The van der Waals surface area contributed by atoms with E-state index >= 15 is 0 Å². The number of ether oxygens (including phenoxy) is 1. The summed E-state index contributed by atoms with van der Waals surface area (Å²) in [5, 5.41) is 11.7. The average molecular weight is 368 g/mol. The van der Waals surface area contributed by atoms with E-state index in [9.17, 15) is 4.79 Å². The topological polar surface area (TPSA) is 67.3 Å². The number of likely N-dealkylation sites (N-methyl/N-ethyl adjacent to an activating group) is 1. The van der Waals surface area contributed by atoms with Crippen LogP contribution in [0.1, 0.15) is 42.7 Å². The Morgan fingerprint density at radius 2 is 2.07 bits per heavy atom. The molecule has 1 aliphatic heterocycles. The van der Waals surface area contributed by atoms with Crippen molar-refractivity contribution >= 4 is 5.91 Å². The lowest BCUT2D eigenvalue weighted by molar-refractivity contribution is 0.0513. The summed E-state index contributed by atoms with van der Waals surface area (Å²) in [7, 11) is 2.04. The molecule has 1 N–H and O–H groups in total. The summed E-state index contributed by atoms with van der Waals surface area (Å²) in [6, 6.07) is 11.4. The highest BCUT2D eigenvalue weighted by atomic mass is 16.5. The van der Waals surface area contributed by atoms with E-state index in [-0.39, 0.29) is 18.1 Å². The molecule has 2 heterocycles. The molecule has 0 spiro atoms. The van der Waals surface area contributed by atoms with E-state index in [1.54, 1.807) is 0 Å². The second-order valence-corrected chi connectivity index (χ2v) is 7.37. The first kappa shape index (κ1) is 19.5. The number of nitrogens with one attached hydrogen (secondary N) is 1. The van der Waals surface area contributed by atoms with Crippen molar-refractivity contribution in [1.29, 1.82) is 0 Å². The van der Waals surface area contributed by atoms with Gasteiger partial charge in [-0.15, -0.1) is 0 Å². The van der Waals surface area contributed by atoms with Crippen LogP contribution < -0.4 is 5.32 Å². The minimum absolute atomic E-state index is 0.00350. The van der Waals surface area contributed by atoms with Crippen LogP contribution in [-0.2, 0) is 4.74 Å². The quantitative estimate of drug-likeness (QED) is 0.849. The lowest BCUT2D eigenvalue weighted by Gasteiger charge is -2.20. The molecule has 0 aliphatic carbocycles. The van der Waals surface area contributed by atoms with Gasteiger partial charge in [-0.05, 0) is 44.2 Å². The smallest absolute Gasteiger partial charge is 0.251 e. The number of benzene rings is 1. The molecular formula is C21H28N4O2. The molecule has 1 fully saturated rings. The van der Waals surface area contributed by atoms with Crippen molar-refractivity contribution in [3.63, 3.8) is 0 Å². The van der Waals surface area contributed by atoms with Crippen LogP contribution in [0.4, 0.5) is 0 Å². The Hall–Kier alpha value is -2.31. The zero-order chi connectivity index (χ0) is 19.4. The Bertz CT molecular complexity index is 776. The first-order valence-electron chi connectivity index (χ1n) is 9.53. The van der Waals surface area contributed by atoms with Gasteiger partial charge in [-0.3, -0.25) is 4.79 Å². The predicted octanol–water partition coefficient (Wildman–Crippen LogP) is 2.72. The van der Waals surface area contributed by atoms with E-state index in [0.29, 0.717) is 18.1 Å². The van der Waals surface area contributed by atoms with E-state index in [4.69, 9.17) is 4.74 Å². The van der Waals surface area contributed by atoms with Gasteiger partial charge in [-0.1, -0.05) is 26.0 Å². The van der Waals surface area contributed by atoms with Gasteiger partial charge in [0.05, 0.1) is 23.5 Å². The van der Waals surface area contributed by atoms with E-state index in [1.165, 1.54) is 0 Å². The largest absolute Gasteiger partial charge is 0.375 e. The Morgan fingerprint density at radius 1 is 1.26 bits per heavy atom. The third-order valence-electron chi connectivity index (χ3n) is 4.84. The maximum absolute atomic E-state index is 12.8. The summed E-state index contributed by atoms with van der Waals surface area (Å²) in [5.41, 5.74) is 3.23. The third-order valence-corrected chi connectivity index (χ3v) is 4.84. The number of amides is 1. The molecule has 1 saturated heterocycles. The molecule has 2 aromatic rings. The van der Waals surface area contributed by atoms with Crippen LogP contribution in [0.3, 0.4) is 0 Å². The van der Waals surface area contributed by atoms with Crippen molar-refractivity contribution in [1.82, 2.24) is 20.4 Å². The van der Waals surface area contributed by atoms with Crippen molar-refractivity contribution in [3.05, 3.63) is 47.7 Å². The summed E-state index contributed by atoms with van der Waals surface area (Å²) in [4.78, 5) is 14.9. The summed E-state index contributed by atoms with van der Waals surface area (Å²) >= 11 is 0. The number of hydrogen-bond acceptors (Lipinski definition) is 5. The standard InChI is InChI=1S/C21H28N4O2/c1-5-27-20-13-25(4)12-19(20)22-21(26)16-8-6-7-15(11-16)18-10-9-17(14(2)3)23-24-18/h6-11,14,19-20H,5,12-13H2,1-4H3,(H,22,26). The number of likely N-dealkylation sites (tertiary alicyclic amines) is 1. The van der Waals surface area contributed by atoms with Crippen molar-refractivity contribution in [2.45, 2.75) is 38.8 Å². The molecule has 6 heteroatoms. The van der Waals surface area contributed by atoms with Gasteiger partial charge in [0.2, 0.25) is 0 Å². The lowest BCUT2D eigenvalue weighted by atomic mass is 10.1. The highest BCUT2D eigenvalue weighted by Crippen LogP contribution is 2.20. The van der Waals surface area contributed by atoms with Crippen molar-refractivity contribution in [3.8, 4) is 11.3 Å².